The number of rotatable bonds is 7. The summed E-state index contributed by atoms with van der Waals surface area (Å²) in [6.07, 6.45) is 2.86. The molecule has 0 N–H and O–H groups in total. The third-order valence-electron chi connectivity index (χ3n) is 3.61. The van der Waals surface area contributed by atoms with Gasteiger partial charge in [-0.05, 0) is 31.0 Å². The molecule has 0 aliphatic carbocycles. The van der Waals surface area contributed by atoms with Gasteiger partial charge in [-0.2, -0.15) is 0 Å². The van der Waals surface area contributed by atoms with Crippen LogP contribution in [-0.2, 0) is 12.4 Å². The molecule has 1 aromatic carbocycles. The van der Waals surface area contributed by atoms with Gasteiger partial charge < -0.3 is 9.30 Å². The van der Waals surface area contributed by atoms with Gasteiger partial charge in [0.05, 0.1) is 23.6 Å². The van der Waals surface area contributed by atoms with Crippen LogP contribution < -0.4 is 10.3 Å². The summed E-state index contributed by atoms with van der Waals surface area (Å²) in [7, 11) is 0. The lowest BCUT2D eigenvalue weighted by atomic mass is 10.1. The number of hydrogen-bond acceptors (Lipinski definition) is 2. The summed E-state index contributed by atoms with van der Waals surface area (Å²) in [5.41, 5.74) is 0.700. The SMILES string of the molecule is CCCCOc1c(CCl)n(CCC)c(=O)c2ccc(Cl)cc12. The summed E-state index contributed by atoms with van der Waals surface area (Å²) in [6.45, 7) is 5.38. The second kappa shape index (κ2) is 7.89. The van der Waals surface area contributed by atoms with E-state index in [9.17, 15) is 4.79 Å². The van der Waals surface area contributed by atoms with Crippen LogP contribution in [0.3, 0.4) is 0 Å². The molecule has 0 spiro atoms. The Balaban J connectivity index is 2.71. The Hall–Kier alpha value is -1.19. The van der Waals surface area contributed by atoms with Gasteiger partial charge in [0.25, 0.3) is 5.56 Å². The van der Waals surface area contributed by atoms with E-state index >= 15 is 0 Å². The maximum absolute atomic E-state index is 12.7. The molecular weight excluding hydrogens is 321 g/mol. The zero-order valence-corrected chi connectivity index (χ0v) is 14.5. The molecule has 0 atom stereocenters. The van der Waals surface area contributed by atoms with E-state index in [1.54, 1.807) is 22.8 Å². The first kappa shape index (κ1) is 17.2. The molecule has 0 aliphatic heterocycles. The van der Waals surface area contributed by atoms with Crippen molar-refractivity contribution >= 4 is 34.0 Å². The third kappa shape index (κ3) is 3.41. The van der Waals surface area contributed by atoms with E-state index in [1.807, 2.05) is 6.92 Å². The molecule has 1 heterocycles. The number of nitrogens with zero attached hydrogens (tertiary/aromatic N) is 1. The van der Waals surface area contributed by atoms with Crippen LogP contribution >= 0.6 is 23.2 Å². The number of aromatic nitrogens is 1. The largest absolute Gasteiger partial charge is 0.491 e. The highest BCUT2D eigenvalue weighted by Crippen LogP contribution is 2.31. The topological polar surface area (TPSA) is 31.2 Å². The fraction of sp³-hybridized carbons (Fsp3) is 0.471. The predicted octanol–water partition coefficient (Wildman–Crippen LogP) is 4.98. The van der Waals surface area contributed by atoms with E-state index in [2.05, 4.69) is 6.92 Å². The van der Waals surface area contributed by atoms with Crippen LogP contribution in [0.2, 0.25) is 5.02 Å². The van der Waals surface area contributed by atoms with E-state index < -0.39 is 0 Å². The number of unbranched alkanes of at least 4 members (excludes halogenated alkanes) is 1. The Bertz CT molecular complexity index is 710. The first-order chi connectivity index (χ1) is 10.6. The number of benzene rings is 1. The number of fused-ring (bicyclic) bond motifs is 1. The summed E-state index contributed by atoms with van der Waals surface area (Å²) < 4.78 is 7.70. The van der Waals surface area contributed by atoms with Crippen molar-refractivity contribution in [2.24, 2.45) is 0 Å². The van der Waals surface area contributed by atoms with Crippen LogP contribution in [0.4, 0.5) is 0 Å². The highest BCUT2D eigenvalue weighted by molar-refractivity contribution is 6.31. The van der Waals surface area contributed by atoms with Crippen LogP contribution in [-0.4, -0.2) is 11.2 Å². The van der Waals surface area contributed by atoms with Crippen LogP contribution in [0.5, 0.6) is 5.75 Å². The highest BCUT2D eigenvalue weighted by Gasteiger charge is 2.17. The zero-order chi connectivity index (χ0) is 16.1. The van der Waals surface area contributed by atoms with Crippen molar-refractivity contribution in [3.8, 4) is 5.75 Å². The normalized spacial score (nSPS) is 11.1. The third-order valence-corrected chi connectivity index (χ3v) is 4.10. The lowest BCUT2D eigenvalue weighted by molar-refractivity contribution is 0.306. The summed E-state index contributed by atoms with van der Waals surface area (Å²) in [5.74, 6) is 0.924. The first-order valence-electron chi connectivity index (χ1n) is 7.67. The van der Waals surface area contributed by atoms with Crippen LogP contribution in [0.25, 0.3) is 10.8 Å². The quantitative estimate of drug-likeness (QED) is 0.525. The van der Waals surface area contributed by atoms with Gasteiger partial charge in [0, 0.05) is 17.0 Å². The van der Waals surface area contributed by atoms with Gasteiger partial charge in [0.15, 0.2) is 0 Å². The second-order valence-corrected chi connectivity index (χ2v) is 5.96. The summed E-state index contributed by atoms with van der Waals surface area (Å²) in [6, 6.07) is 5.28. The van der Waals surface area contributed by atoms with E-state index in [0.717, 1.165) is 30.3 Å². The van der Waals surface area contributed by atoms with Gasteiger partial charge in [-0.3, -0.25) is 4.79 Å². The van der Waals surface area contributed by atoms with Gasteiger partial charge >= 0.3 is 0 Å². The minimum Gasteiger partial charge on any atom is -0.491 e. The van der Waals surface area contributed by atoms with Crippen molar-refractivity contribution in [1.82, 2.24) is 4.57 Å². The van der Waals surface area contributed by atoms with E-state index in [1.165, 1.54) is 0 Å². The molecule has 0 unspecified atom stereocenters. The minimum atomic E-state index is -0.0352. The number of pyridine rings is 1. The number of halogens is 2. The predicted molar refractivity (Wildman–Crippen MR) is 93.5 cm³/mol. The standard InChI is InChI=1S/C17H21Cl2NO2/c1-3-5-9-22-16-14-10-12(19)6-7-13(14)17(21)20(8-4-2)15(16)11-18/h6-7,10H,3-5,8-9,11H2,1-2H3. The van der Waals surface area contributed by atoms with Crippen molar-refractivity contribution < 1.29 is 4.74 Å². The fourth-order valence-corrected chi connectivity index (χ4v) is 2.95. The molecule has 2 rings (SSSR count). The molecular formula is C17H21Cl2NO2. The fourth-order valence-electron chi connectivity index (χ4n) is 2.51. The Morgan fingerprint density at radius 3 is 2.59 bits per heavy atom. The summed E-state index contributed by atoms with van der Waals surface area (Å²) in [4.78, 5) is 12.7. The van der Waals surface area contributed by atoms with E-state index in [-0.39, 0.29) is 11.4 Å². The first-order valence-corrected chi connectivity index (χ1v) is 8.58. The number of alkyl halides is 1. The smallest absolute Gasteiger partial charge is 0.258 e. The molecule has 3 nitrogen and oxygen atoms in total. The van der Waals surface area contributed by atoms with Crippen molar-refractivity contribution in [3.05, 3.63) is 39.3 Å². The van der Waals surface area contributed by atoms with E-state index in [0.29, 0.717) is 29.3 Å². The lowest BCUT2D eigenvalue weighted by Gasteiger charge is -2.18. The Morgan fingerprint density at radius 2 is 1.95 bits per heavy atom. The van der Waals surface area contributed by atoms with Gasteiger partial charge in [-0.1, -0.05) is 31.9 Å². The summed E-state index contributed by atoms with van der Waals surface area (Å²) in [5, 5.41) is 1.95. The van der Waals surface area contributed by atoms with Crippen molar-refractivity contribution in [2.75, 3.05) is 6.61 Å². The molecule has 0 radical (unpaired) electrons. The minimum absolute atomic E-state index is 0.0352. The van der Waals surface area contributed by atoms with Crippen molar-refractivity contribution in [1.29, 1.82) is 0 Å². The van der Waals surface area contributed by atoms with Gasteiger partial charge in [-0.25, -0.2) is 0 Å². The maximum atomic E-state index is 12.7. The van der Waals surface area contributed by atoms with Gasteiger partial charge in [0.1, 0.15) is 5.75 Å². The molecule has 0 fully saturated rings. The second-order valence-electron chi connectivity index (χ2n) is 5.26. The Labute approximate surface area is 140 Å². The number of hydrogen-bond donors (Lipinski definition) is 0. The molecule has 2 aromatic rings. The molecule has 0 amide bonds. The molecule has 0 saturated heterocycles. The van der Waals surface area contributed by atoms with Crippen LogP contribution in [0.15, 0.2) is 23.0 Å². The van der Waals surface area contributed by atoms with E-state index in [4.69, 9.17) is 27.9 Å². The van der Waals surface area contributed by atoms with Crippen LogP contribution in [0.1, 0.15) is 38.8 Å². The molecule has 1 aromatic heterocycles. The molecule has 0 aliphatic rings. The average molecular weight is 342 g/mol. The lowest BCUT2D eigenvalue weighted by Crippen LogP contribution is -2.24. The zero-order valence-electron chi connectivity index (χ0n) is 13.0. The van der Waals surface area contributed by atoms with Crippen molar-refractivity contribution in [2.45, 2.75) is 45.5 Å². The summed E-state index contributed by atoms with van der Waals surface area (Å²) >= 11 is 12.2. The highest BCUT2D eigenvalue weighted by atomic mass is 35.5. The molecule has 120 valence electrons. The van der Waals surface area contributed by atoms with Gasteiger partial charge in [0.2, 0.25) is 0 Å². The van der Waals surface area contributed by atoms with Crippen molar-refractivity contribution in [3.63, 3.8) is 0 Å². The maximum Gasteiger partial charge on any atom is 0.258 e. The molecule has 0 saturated carbocycles. The van der Waals surface area contributed by atoms with Gasteiger partial charge in [-0.15, -0.1) is 11.6 Å². The number of ether oxygens (including phenoxy) is 1. The monoisotopic (exact) mass is 341 g/mol. The Morgan fingerprint density at radius 1 is 1.18 bits per heavy atom. The molecule has 5 heteroatoms. The average Bonchev–Trinajstić information content (AvgIpc) is 2.51. The molecule has 0 bridgehead atoms. The Kier molecular flexibility index (Phi) is 6.16. The molecule has 22 heavy (non-hydrogen) atoms. The van der Waals surface area contributed by atoms with Crippen LogP contribution in [0, 0.1) is 0 Å².